The molecule has 68 valence electrons. The van der Waals surface area contributed by atoms with Crippen LogP contribution in [0.2, 0.25) is 14.3 Å². The molecule has 0 N–H and O–H groups in total. The Bertz CT molecular complexity index is 121. The summed E-state index contributed by atoms with van der Waals surface area (Å²) >= 11 is -2.15. The van der Waals surface area contributed by atoms with Crippen molar-refractivity contribution in [1.82, 2.24) is 0 Å². The molecule has 0 fully saturated rings. The summed E-state index contributed by atoms with van der Waals surface area (Å²) in [5, 5.41) is 0. The number of hydrogen-bond donors (Lipinski definition) is 0. The van der Waals surface area contributed by atoms with Gasteiger partial charge < -0.3 is 0 Å². The van der Waals surface area contributed by atoms with Gasteiger partial charge in [0.1, 0.15) is 0 Å². The molecule has 0 rings (SSSR count). The fraction of sp³-hybridized carbons (Fsp3) is 1.00. The van der Waals surface area contributed by atoms with E-state index in [1.807, 2.05) is 0 Å². The molecule has 0 aromatic carbocycles. The van der Waals surface area contributed by atoms with E-state index in [1.54, 1.807) is 0 Å². The third-order valence-electron chi connectivity index (χ3n) is 2.82. The van der Waals surface area contributed by atoms with Crippen molar-refractivity contribution in [2.45, 2.75) is 55.8 Å². The van der Waals surface area contributed by atoms with Gasteiger partial charge in [0.15, 0.2) is 0 Å². The first-order chi connectivity index (χ1) is 4.50. The monoisotopic (exact) mass is 238 g/mol. The normalized spacial score (nSPS) is 15.3. The number of halogens is 1. The van der Waals surface area contributed by atoms with Gasteiger partial charge in [0.05, 0.1) is 0 Å². The average molecular weight is 237 g/mol. The summed E-state index contributed by atoms with van der Waals surface area (Å²) in [5.41, 5.74) is 0. The Hall–Kier alpha value is 0.833. The van der Waals surface area contributed by atoms with Crippen molar-refractivity contribution < 1.29 is 0 Å². The van der Waals surface area contributed by atoms with Crippen molar-refractivity contribution in [2.24, 2.45) is 0 Å². The molecule has 0 aliphatic heterocycles. The molecule has 0 radical (unpaired) electrons. The van der Waals surface area contributed by atoms with E-state index in [0.29, 0.717) is 8.49 Å². The van der Waals surface area contributed by atoms with Crippen LogP contribution in [0.15, 0.2) is 0 Å². The Morgan fingerprint density at radius 2 is 1.00 bits per heavy atom. The Labute approximate surface area is 78.3 Å². The molecule has 0 atom stereocenters. The summed E-state index contributed by atoms with van der Waals surface area (Å²) < 4.78 is 0.666. The molecule has 0 nitrogen and oxygen atoms in total. The molecule has 0 spiro atoms. The van der Waals surface area contributed by atoms with Gasteiger partial charge in [-0.25, -0.2) is 0 Å². The van der Waals surface area contributed by atoms with Gasteiger partial charge in [0.25, 0.3) is 0 Å². The molecule has 0 aliphatic rings. The minimum atomic E-state index is -2.15. The Morgan fingerprint density at radius 3 is 1.00 bits per heavy atom. The van der Waals surface area contributed by atoms with Crippen LogP contribution in [0.25, 0.3) is 0 Å². The molecule has 0 amide bonds. The van der Waals surface area contributed by atoms with Crippen molar-refractivity contribution in [1.29, 1.82) is 0 Å². The molecule has 0 bridgehead atoms. The van der Waals surface area contributed by atoms with Crippen LogP contribution in [0.1, 0.15) is 41.5 Å². The van der Waals surface area contributed by atoms with Gasteiger partial charge in [-0.1, -0.05) is 0 Å². The topological polar surface area (TPSA) is 0 Å². The minimum absolute atomic E-state index is 0.333. The van der Waals surface area contributed by atoms with E-state index in [-0.39, 0.29) is 0 Å². The van der Waals surface area contributed by atoms with E-state index < -0.39 is 12.3 Å². The van der Waals surface area contributed by atoms with Crippen LogP contribution in [0.4, 0.5) is 0 Å². The van der Waals surface area contributed by atoms with Crippen LogP contribution in [0, 0.1) is 0 Å². The second-order valence-corrected chi connectivity index (χ2v) is 19.9. The summed E-state index contributed by atoms with van der Waals surface area (Å²) in [5.74, 6) is 2.31. The van der Waals surface area contributed by atoms with Gasteiger partial charge in [-0.2, -0.15) is 0 Å². The van der Waals surface area contributed by atoms with Gasteiger partial charge in [0.2, 0.25) is 0 Å². The van der Waals surface area contributed by atoms with E-state index in [2.05, 4.69) is 47.3 Å². The summed E-state index contributed by atoms with van der Waals surface area (Å²) in [7, 11) is 6.68. The number of rotatable bonds is 0. The van der Waals surface area contributed by atoms with E-state index in [0.717, 1.165) is 0 Å². The van der Waals surface area contributed by atoms with E-state index in [9.17, 15) is 0 Å². The fourth-order valence-corrected chi connectivity index (χ4v) is 5.85. The average Bonchev–Trinajstić information content (AvgIpc) is 1.58. The first-order valence-corrected chi connectivity index (χ1v) is 11.1. The zero-order valence-electron chi connectivity index (χ0n) is 8.88. The van der Waals surface area contributed by atoms with Crippen LogP contribution < -0.4 is 0 Å². The van der Waals surface area contributed by atoms with Gasteiger partial charge in [0, 0.05) is 0 Å². The SMILES string of the molecule is C[C](C)(C)[Ge]([CH3])([Cl])[C](C)(C)C. The number of hydrogen-bond acceptors (Lipinski definition) is 0. The van der Waals surface area contributed by atoms with Gasteiger partial charge >= 0.3 is 78.1 Å². The predicted molar refractivity (Wildman–Crippen MR) is 56.9 cm³/mol. The summed E-state index contributed by atoms with van der Waals surface area (Å²) in [6.45, 7) is 13.6. The molecular formula is C9H21ClGe. The van der Waals surface area contributed by atoms with Crippen LogP contribution in [-0.4, -0.2) is 12.3 Å². The third-order valence-corrected chi connectivity index (χ3v) is 20.5. The molecule has 2 heteroatoms. The van der Waals surface area contributed by atoms with Gasteiger partial charge in [-0.15, -0.1) is 0 Å². The second-order valence-electron chi connectivity index (χ2n) is 5.50. The zero-order valence-corrected chi connectivity index (χ0v) is 11.7. The molecular weight excluding hydrogens is 216 g/mol. The van der Waals surface area contributed by atoms with Crippen molar-refractivity contribution in [3.8, 4) is 0 Å². The molecule has 0 saturated carbocycles. The Kier molecular flexibility index (Phi) is 3.18. The standard InChI is InChI=1S/C9H21ClGe/c1-8(2,3)11(7,10)9(4,5)6/h1-7H3. The van der Waals surface area contributed by atoms with Crippen LogP contribution in [0.3, 0.4) is 0 Å². The molecule has 0 saturated heterocycles. The fourth-order valence-electron chi connectivity index (χ4n) is 1.12. The Morgan fingerprint density at radius 1 is 0.818 bits per heavy atom. The molecule has 0 aromatic heterocycles. The summed E-state index contributed by atoms with van der Waals surface area (Å²) in [4.78, 5) is 0. The maximum absolute atomic E-state index is 6.68. The molecule has 11 heavy (non-hydrogen) atoms. The van der Waals surface area contributed by atoms with E-state index in [1.165, 1.54) is 0 Å². The van der Waals surface area contributed by atoms with E-state index in [4.69, 9.17) is 10.0 Å². The second kappa shape index (κ2) is 2.95. The first-order valence-electron chi connectivity index (χ1n) is 4.19. The van der Waals surface area contributed by atoms with Crippen molar-refractivity contribution in [2.75, 3.05) is 0 Å². The molecule has 0 heterocycles. The molecule has 0 aliphatic carbocycles. The van der Waals surface area contributed by atoms with Crippen molar-refractivity contribution in [3.63, 3.8) is 0 Å². The van der Waals surface area contributed by atoms with Gasteiger partial charge in [-0.3, -0.25) is 0 Å². The molecule has 0 unspecified atom stereocenters. The van der Waals surface area contributed by atoms with Crippen LogP contribution >= 0.6 is 10.0 Å². The van der Waals surface area contributed by atoms with Crippen LogP contribution in [0.5, 0.6) is 0 Å². The third kappa shape index (κ3) is 2.38. The predicted octanol–water partition coefficient (Wildman–Crippen LogP) is 4.40. The zero-order chi connectivity index (χ0) is 9.50. The summed E-state index contributed by atoms with van der Waals surface area (Å²) in [6, 6.07) is 0. The van der Waals surface area contributed by atoms with E-state index >= 15 is 0 Å². The van der Waals surface area contributed by atoms with Crippen LogP contribution in [-0.2, 0) is 0 Å². The Balaban J connectivity index is 4.75. The summed E-state index contributed by atoms with van der Waals surface area (Å²) in [6.07, 6.45) is 0. The first kappa shape index (κ1) is 11.8. The molecule has 0 aromatic rings. The van der Waals surface area contributed by atoms with Gasteiger partial charge in [-0.05, 0) is 0 Å². The van der Waals surface area contributed by atoms with Crippen molar-refractivity contribution in [3.05, 3.63) is 0 Å². The quantitative estimate of drug-likeness (QED) is 0.548. The maximum atomic E-state index is 6.68. The van der Waals surface area contributed by atoms with Crippen molar-refractivity contribution >= 4 is 22.3 Å².